The third kappa shape index (κ3) is 6.18. The fourth-order valence-electron chi connectivity index (χ4n) is 6.00. The molecule has 4 aromatic rings. The molecule has 0 saturated carbocycles. The number of nitrogens with zero attached hydrogens (tertiary/aromatic N) is 2. The van der Waals surface area contributed by atoms with Crippen molar-refractivity contribution in [2.75, 3.05) is 26.3 Å². The summed E-state index contributed by atoms with van der Waals surface area (Å²) in [6.07, 6.45) is -3.52. The average molecular weight is 594 g/mol. The van der Waals surface area contributed by atoms with Crippen molar-refractivity contribution in [3.63, 3.8) is 0 Å². The number of alkyl halides is 3. The summed E-state index contributed by atoms with van der Waals surface area (Å²) in [5.74, 6) is -1.82. The number of carbonyl (C=O) groups excluding carboxylic acids is 1. The van der Waals surface area contributed by atoms with E-state index in [2.05, 4.69) is 14.6 Å². The number of ether oxygens (including phenoxy) is 1. The van der Waals surface area contributed by atoms with Crippen LogP contribution in [0, 0.1) is 5.92 Å². The van der Waals surface area contributed by atoms with E-state index < -0.39 is 47.1 Å². The number of rotatable bonds is 8. The molecular weight excluding hydrogens is 563 g/mol. The molecule has 1 fully saturated rings. The van der Waals surface area contributed by atoms with Gasteiger partial charge < -0.3 is 9.84 Å². The molecule has 0 radical (unpaired) electrons. The molecule has 11 heteroatoms. The molecule has 224 valence electrons. The van der Waals surface area contributed by atoms with E-state index in [0.717, 1.165) is 27.5 Å². The lowest BCUT2D eigenvalue weighted by Crippen LogP contribution is -2.56. The summed E-state index contributed by atoms with van der Waals surface area (Å²) in [6.45, 7) is -1.41. The Hall–Kier alpha value is -4.48. The first-order valence-corrected chi connectivity index (χ1v) is 13.7. The lowest BCUT2D eigenvalue weighted by Gasteiger charge is -2.50. The van der Waals surface area contributed by atoms with Crippen LogP contribution in [0.15, 0.2) is 107 Å². The fourth-order valence-corrected chi connectivity index (χ4v) is 6.00. The number of aliphatic hydroxyl groups is 1. The predicted octanol–water partition coefficient (Wildman–Crippen LogP) is 4.10. The SMILES string of the molecule is O=C(OCC(F)(F)F)c1cn([C@H]2C[C@H](CO)CN(C(c3ccccc3)(c3ccccc3)c3ccccc3)C2)c(=O)[nH]c1=O. The Labute approximate surface area is 245 Å². The molecule has 2 N–H and O–H groups in total. The fraction of sp³-hybridized carbons (Fsp3) is 0.281. The summed E-state index contributed by atoms with van der Waals surface area (Å²) in [4.78, 5) is 42.2. The van der Waals surface area contributed by atoms with Gasteiger partial charge in [-0.05, 0) is 29.0 Å². The van der Waals surface area contributed by atoms with Crippen molar-refractivity contribution in [3.8, 4) is 0 Å². The van der Waals surface area contributed by atoms with Crippen LogP contribution in [0.4, 0.5) is 13.2 Å². The number of benzene rings is 3. The molecule has 8 nitrogen and oxygen atoms in total. The Morgan fingerprint density at radius 3 is 1.84 bits per heavy atom. The van der Waals surface area contributed by atoms with Crippen molar-refractivity contribution in [3.05, 3.63) is 140 Å². The van der Waals surface area contributed by atoms with E-state index in [-0.39, 0.29) is 19.1 Å². The quantitative estimate of drug-likeness (QED) is 0.236. The van der Waals surface area contributed by atoms with Gasteiger partial charge in [0.2, 0.25) is 0 Å². The van der Waals surface area contributed by atoms with Crippen LogP contribution >= 0.6 is 0 Å². The van der Waals surface area contributed by atoms with Gasteiger partial charge >= 0.3 is 17.8 Å². The van der Waals surface area contributed by atoms with Crippen LogP contribution in [0.2, 0.25) is 0 Å². The number of carbonyl (C=O) groups is 1. The number of aromatic nitrogens is 2. The van der Waals surface area contributed by atoms with Crippen molar-refractivity contribution >= 4 is 5.97 Å². The van der Waals surface area contributed by atoms with Crippen LogP contribution < -0.4 is 11.2 Å². The number of aliphatic hydroxyl groups excluding tert-OH is 1. The zero-order valence-electron chi connectivity index (χ0n) is 23.0. The predicted molar refractivity (Wildman–Crippen MR) is 153 cm³/mol. The molecule has 0 spiro atoms. The second-order valence-corrected chi connectivity index (χ2v) is 10.6. The van der Waals surface area contributed by atoms with Crippen LogP contribution in [0.3, 0.4) is 0 Å². The number of halogens is 3. The molecule has 1 aliphatic heterocycles. The molecular formula is C32H30F3N3O5. The van der Waals surface area contributed by atoms with Crippen molar-refractivity contribution < 1.29 is 27.8 Å². The summed E-state index contributed by atoms with van der Waals surface area (Å²) < 4.78 is 43.5. The van der Waals surface area contributed by atoms with Gasteiger partial charge in [0.1, 0.15) is 5.56 Å². The minimum atomic E-state index is -4.79. The van der Waals surface area contributed by atoms with E-state index in [0.29, 0.717) is 13.0 Å². The third-order valence-corrected chi connectivity index (χ3v) is 7.77. The molecule has 0 unspecified atom stereocenters. The monoisotopic (exact) mass is 593 g/mol. The molecule has 0 aliphatic carbocycles. The van der Waals surface area contributed by atoms with Gasteiger partial charge in [-0.25, -0.2) is 9.59 Å². The van der Waals surface area contributed by atoms with Gasteiger partial charge in [-0.3, -0.25) is 19.2 Å². The number of H-pyrrole nitrogens is 1. The molecule has 5 rings (SSSR count). The molecule has 3 aromatic carbocycles. The van der Waals surface area contributed by atoms with Gasteiger partial charge in [0.05, 0.1) is 11.6 Å². The van der Waals surface area contributed by atoms with Crippen LogP contribution in [0.5, 0.6) is 0 Å². The molecule has 1 aliphatic rings. The molecule has 2 heterocycles. The van der Waals surface area contributed by atoms with E-state index in [9.17, 15) is 32.7 Å². The summed E-state index contributed by atoms with van der Waals surface area (Å²) in [5, 5.41) is 10.4. The van der Waals surface area contributed by atoms with Gasteiger partial charge in [0.25, 0.3) is 5.56 Å². The normalized spacial score (nSPS) is 17.9. The highest BCUT2D eigenvalue weighted by molar-refractivity contribution is 5.88. The van der Waals surface area contributed by atoms with Crippen LogP contribution in [-0.4, -0.2) is 58.0 Å². The lowest BCUT2D eigenvalue weighted by atomic mass is 9.73. The van der Waals surface area contributed by atoms with Crippen molar-refractivity contribution in [2.24, 2.45) is 5.92 Å². The number of nitrogens with one attached hydrogen (secondary N) is 1. The maximum Gasteiger partial charge on any atom is 0.422 e. The minimum absolute atomic E-state index is 0.208. The first-order chi connectivity index (χ1) is 20.6. The first kappa shape index (κ1) is 30.0. The number of aromatic amines is 1. The largest absolute Gasteiger partial charge is 0.452 e. The maximum absolute atomic E-state index is 13.1. The summed E-state index contributed by atoms with van der Waals surface area (Å²) in [7, 11) is 0. The Balaban J connectivity index is 1.65. The van der Waals surface area contributed by atoms with E-state index >= 15 is 0 Å². The second-order valence-electron chi connectivity index (χ2n) is 10.6. The Kier molecular flexibility index (Phi) is 8.65. The number of esters is 1. The van der Waals surface area contributed by atoms with Gasteiger partial charge in [-0.15, -0.1) is 0 Å². The van der Waals surface area contributed by atoms with Crippen LogP contribution in [0.1, 0.15) is 39.5 Å². The van der Waals surface area contributed by atoms with Gasteiger partial charge in [0, 0.05) is 25.9 Å². The summed E-state index contributed by atoms with van der Waals surface area (Å²) in [5.41, 5.74) is -0.754. The Morgan fingerprint density at radius 1 is 0.860 bits per heavy atom. The number of hydrogen-bond donors (Lipinski definition) is 2. The molecule has 1 aromatic heterocycles. The summed E-state index contributed by atoms with van der Waals surface area (Å²) in [6, 6.07) is 28.8. The average Bonchev–Trinajstić information content (AvgIpc) is 3.01. The zero-order chi connectivity index (χ0) is 30.6. The molecule has 0 bridgehead atoms. The van der Waals surface area contributed by atoms with Gasteiger partial charge in [0.15, 0.2) is 6.61 Å². The molecule has 43 heavy (non-hydrogen) atoms. The topological polar surface area (TPSA) is 105 Å². The van der Waals surface area contributed by atoms with E-state index in [4.69, 9.17) is 0 Å². The highest BCUT2D eigenvalue weighted by atomic mass is 19.4. The van der Waals surface area contributed by atoms with Crippen molar-refractivity contribution in [1.82, 2.24) is 14.5 Å². The maximum atomic E-state index is 13.1. The summed E-state index contributed by atoms with van der Waals surface area (Å²) >= 11 is 0. The van der Waals surface area contributed by atoms with E-state index in [1.54, 1.807) is 0 Å². The number of likely N-dealkylation sites (tertiary alicyclic amines) is 1. The Morgan fingerprint density at radius 2 is 1.37 bits per heavy atom. The molecule has 2 atom stereocenters. The van der Waals surface area contributed by atoms with Crippen molar-refractivity contribution in [1.29, 1.82) is 0 Å². The minimum Gasteiger partial charge on any atom is -0.452 e. The Bertz CT molecular complexity index is 1560. The lowest BCUT2D eigenvalue weighted by molar-refractivity contribution is -0.161. The van der Waals surface area contributed by atoms with E-state index in [1.807, 2.05) is 91.0 Å². The second kappa shape index (κ2) is 12.4. The van der Waals surface area contributed by atoms with Crippen LogP contribution in [0.25, 0.3) is 0 Å². The third-order valence-electron chi connectivity index (χ3n) is 7.77. The van der Waals surface area contributed by atoms with Gasteiger partial charge in [-0.1, -0.05) is 91.0 Å². The van der Waals surface area contributed by atoms with E-state index in [1.165, 1.54) is 0 Å². The standard InChI is InChI=1S/C32H30F3N3O5/c33-31(34,35)21-43-29(41)27-19-38(30(42)36-28(27)40)26-16-22(20-39)17-37(18-26)32(23-10-4-1-5-11-23,24-12-6-2-7-13-24)25-14-8-3-9-15-25/h1-15,19,22,26,39H,16-18,20-21H2,(H,36,40,42)/t22-,26-/m0/s1. The van der Waals surface area contributed by atoms with Crippen LogP contribution in [-0.2, 0) is 10.3 Å². The highest BCUT2D eigenvalue weighted by Crippen LogP contribution is 2.45. The zero-order valence-corrected chi connectivity index (χ0v) is 23.0. The molecule has 1 saturated heterocycles. The van der Waals surface area contributed by atoms with Gasteiger partial charge in [-0.2, -0.15) is 13.2 Å². The highest BCUT2D eigenvalue weighted by Gasteiger charge is 2.46. The number of hydrogen-bond acceptors (Lipinski definition) is 6. The van der Waals surface area contributed by atoms with Crippen molar-refractivity contribution in [2.45, 2.75) is 24.2 Å². The smallest absolute Gasteiger partial charge is 0.422 e. The first-order valence-electron chi connectivity index (χ1n) is 13.7. The molecule has 0 amide bonds. The number of piperidine rings is 1.